The number of carbonyl (C=O) groups excluding carboxylic acids is 2. The average molecular weight is 434 g/mol. The monoisotopic (exact) mass is 433 g/mol. The molecular weight excluding hydrogens is 405 g/mol. The van der Waals surface area contributed by atoms with Gasteiger partial charge in [-0.15, -0.1) is 12.4 Å². The minimum absolute atomic E-state index is 0. The van der Waals surface area contributed by atoms with Gasteiger partial charge in [0.25, 0.3) is 5.91 Å². The zero-order valence-corrected chi connectivity index (χ0v) is 17.8. The van der Waals surface area contributed by atoms with Crippen LogP contribution in [0.15, 0.2) is 48.5 Å². The summed E-state index contributed by atoms with van der Waals surface area (Å²) in [4.78, 5) is 24.7. The van der Waals surface area contributed by atoms with Crippen molar-refractivity contribution in [3.05, 3.63) is 65.5 Å². The van der Waals surface area contributed by atoms with Crippen LogP contribution in [-0.4, -0.2) is 18.4 Å². The van der Waals surface area contributed by atoms with Crippen molar-refractivity contribution in [1.29, 1.82) is 0 Å². The number of benzene rings is 2. The predicted octanol–water partition coefficient (Wildman–Crippen LogP) is 4.42. The summed E-state index contributed by atoms with van der Waals surface area (Å²) in [6.07, 6.45) is 5.98. The molecule has 3 rings (SSSR count). The molecule has 0 radical (unpaired) electrons. The molecule has 1 fully saturated rings. The lowest BCUT2D eigenvalue weighted by atomic mass is 9.71. The Morgan fingerprint density at radius 1 is 1.03 bits per heavy atom. The van der Waals surface area contributed by atoms with Crippen molar-refractivity contribution in [2.45, 2.75) is 45.1 Å². The summed E-state index contributed by atoms with van der Waals surface area (Å²) in [5.74, 6) is -0.832. The van der Waals surface area contributed by atoms with Crippen molar-refractivity contribution >= 4 is 29.9 Å². The van der Waals surface area contributed by atoms with Crippen LogP contribution in [0.25, 0.3) is 0 Å². The van der Waals surface area contributed by atoms with Crippen LogP contribution in [0, 0.1) is 11.2 Å². The van der Waals surface area contributed by atoms with Crippen LogP contribution in [-0.2, 0) is 11.3 Å². The van der Waals surface area contributed by atoms with Gasteiger partial charge in [-0.25, -0.2) is 4.39 Å². The Hall–Kier alpha value is -2.44. The first-order valence-corrected chi connectivity index (χ1v) is 10.1. The van der Waals surface area contributed by atoms with Gasteiger partial charge >= 0.3 is 0 Å². The van der Waals surface area contributed by atoms with E-state index in [0.29, 0.717) is 25.2 Å². The highest BCUT2D eigenvalue weighted by atomic mass is 35.5. The highest BCUT2D eigenvalue weighted by Gasteiger charge is 2.32. The molecule has 2 aromatic carbocycles. The van der Waals surface area contributed by atoms with E-state index in [0.717, 1.165) is 31.2 Å². The average Bonchev–Trinajstić information content (AvgIpc) is 2.73. The number of amides is 2. The largest absolute Gasteiger partial charge is 0.352 e. The van der Waals surface area contributed by atoms with E-state index in [-0.39, 0.29) is 35.2 Å². The lowest BCUT2D eigenvalue weighted by Gasteiger charge is -2.35. The maximum atomic E-state index is 13.3. The SMILES string of the molecule is Cl.NCC1(CC(=O)NCc2cccc(NC(=O)c3cccc(F)c3)c2)CCCCC1. The maximum Gasteiger partial charge on any atom is 0.255 e. The van der Waals surface area contributed by atoms with Gasteiger partial charge in [-0.1, -0.05) is 37.5 Å². The molecule has 0 aliphatic heterocycles. The van der Waals surface area contributed by atoms with Crippen LogP contribution in [0.3, 0.4) is 0 Å². The smallest absolute Gasteiger partial charge is 0.255 e. The standard InChI is InChI=1S/C23H28FN3O2.ClH/c24-19-8-5-7-18(13-19)22(29)27-20-9-4-6-17(12-20)15-26-21(28)14-23(16-25)10-2-1-3-11-23;/h4-9,12-13H,1-3,10-11,14-16,25H2,(H,26,28)(H,27,29);1H. The summed E-state index contributed by atoms with van der Waals surface area (Å²) in [7, 11) is 0. The molecule has 162 valence electrons. The van der Waals surface area contributed by atoms with E-state index in [4.69, 9.17) is 5.73 Å². The molecule has 0 bridgehead atoms. The Morgan fingerprint density at radius 2 is 1.77 bits per heavy atom. The van der Waals surface area contributed by atoms with E-state index in [9.17, 15) is 14.0 Å². The summed E-state index contributed by atoms with van der Waals surface area (Å²) in [6.45, 7) is 0.922. The minimum atomic E-state index is -0.456. The van der Waals surface area contributed by atoms with Crippen LogP contribution in [0.4, 0.5) is 10.1 Å². The number of hydrogen-bond donors (Lipinski definition) is 3. The first-order valence-electron chi connectivity index (χ1n) is 10.1. The van der Waals surface area contributed by atoms with Gasteiger partial charge in [-0.3, -0.25) is 9.59 Å². The highest BCUT2D eigenvalue weighted by Crippen LogP contribution is 2.38. The van der Waals surface area contributed by atoms with Gasteiger partial charge in [-0.05, 0) is 60.7 Å². The number of nitrogens with two attached hydrogens (primary N) is 1. The zero-order chi connectivity index (χ0) is 20.7. The van der Waals surface area contributed by atoms with E-state index >= 15 is 0 Å². The van der Waals surface area contributed by atoms with Gasteiger partial charge in [0.05, 0.1) is 0 Å². The van der Waals surface area contributed by atoms with E-state index in [1.807, 2.05) is 12.1 Å². The lowest BCUT2D eigenvalue weighted by molar-refractivity contribution is -0.124. The Morgan fingerprint density at radius 3 is 2.47 bits per heavy atom. The van der Waals surface area contributed by atoms with Crippen LogP contribution in [0.1, 0.15) is 54.4 Å². The normalized spacial score (nSPS) is 15.0. The number of rotatable bonds is 7. The minimum Gasteiger partial charge on any atom is -0.352 e. The summed E-state index contributed by atoms with van der Waals surface area (Å²) in [6, 6.07) is 12.8. The molecule has 1 aliphatic carbocycles. The maximum absolute atomic E-state index is 13.3. The van der Waals surface area contributed by atoms with E-state index in [1.165, 1.54) is 24.6 Å². The Bertz CT molecular complexity index is 869. The van der Waals surface area contributed by atoms with Crippen molar-refractivity contribution in [3.63, 3.8) is 0 Å². The van der Waals surface area contributed by atoms with Gasteiger partial charge in [0, 0.05) is 24.2 Å². The van der Waals surface area contributed by atoms with Crippen molar-refractivity contribution in [2.75, 3.05) is 11.9 Å². The fraction of sp³-hybridized carbons (Fsp3) is 0.391. The van der Waals surface area contributed by atoms with Gasteiger partial charge < -0.3 is 16.4 Å². The van der Waals surface area contributed by atoms with Crippen molar-refractivity contribution < 1.29 is 14.0 Å². The Labute approximate surface area is 183 Å². The number of anilines is 1. The third-order valence-electron chi connectivity index (χ3n) is 5.64. The number of hydrogen-bond acceptors (Lipinski definition) is 3. The van der Waals surface area contributed by atoms with Crippen molar-refractivity contribution in [1.82, 2.24) is 5.32 Å². The molecule has 2 aromatic rings. The second-order valence-corrected chi connectivity index (χ2v) is 7.88. The molecule has 0 saturated heterocycles. The predicted molar refractivity (Wildman–Crippen MR) is 119 cm³/mol. The van der Waals surface area contributed by atoms with Crippen LogP contribution < -0.4 is 16.4 Å². The molecule has 30 heavy (non-hydrogen) atoms. The molecular formula is C23H29ClFN3O2. The number of halogens is 2. The molecule has 0 atom stereocenters. The molecule has 0 aromatic heterocycles. The van der Waals surface area contributed by atoms with Crippen LogP contribution in [0.5, 0.6) is 0 Å². The molecule has 1 saturated carbocycles. The highest BCUT2D eigenvalue weighted by molar-refractivity contribution is 6.04. The van der Waals surface area contributed by atoms with Gasteiger partial charge in [0.1, 0.15) is 5.82 Å². The molecule has 4 N–H and O–H groups in total. The van der Waals surface area contributed by atoms with Crippen LogP contribution >= 0.6 is 12.4 Å². The number of nitrogens with one attached hydrogen (secondary N) is 2. The number of carbonyl (C=O) groups is 2. The quantitative estimate of drug-likeness (QED) is 0.604. The Balaban J connectivity index is 0.00000320. The lowest BCUT2D eigenvalue weighted by Crippen LogP contribution is -2.38. The van der Waals surface area contributed by atoms with Crippen molar-refractivity contribution in [3.8, 4) is 0 Å². The molecule has 1 aliphatic rings. The molecule has 5 nitrogen and oxygen atoms in total. The summed E-state index contributed by atoms with van der Waals surface area (Å²) in [5, 5.41) is 5.73. The fourth-order valence-electron chi connectivity index (χ4n) is 3.95. The molecule has 0 spiro atoms. The third-order valence-corrected chi connectivity index (χ3v) is 5.64. The zero-order valence-electron chi connectivity index (χ0n) is 17.0. The Kier molecular flexibility index (Phi) is 8.81. The van der Waals surface area contributed by atoms with Crippen LogP contribution in [0.2, 0.25) is 0 Å². The van der Waals surface area contributed by atoms with Gasteiger partial charge in [0.15, 0.2) is 0 Å². The summed E-state index contributed by atoms with van der Waals surface area (Å²) in [5.41, 5.74) is 7.63. The fourth-order valence-corrected chi connectivity index (χ4v) is 3.95. The summed E-state index contributed by atoms with van der Waals surface area (Å²) >= 11 is 0. The molecule has 7 heteroatoms. The molecule has 0 heterocycles. The van der Waals surface area contributed by atoms with Crippen molar-refractivity contribution in [2.24, 2.45) is 11.1 Å². The summed E-state index contributed by atoms with van der Waals surface area (Å²) < 4.78 is 13.3. The first-order chi connectivity index (χ1) is 14.0. The second-order valence-electron chi connectivity index (χ2n) is 7.88. The molecule has 0 unspecified atom stereocenters. The van der Waals surface area contributed by atoms with E-state index < -0.39 is 5.82 Å². The molecule has 2 amide bonds. The van der Waals surface area contributed by atoms with Gasteiger partial charge in [0.2, 0.25) is 5.91 Å². The third kappa shape index (κ3) is 6.54. The topological polar surface area (TPSA) is 84.2 Å². The first kappa shape index (κ1) is 23.8. The second kappa shape index (κ2) is 11.1. The van der Waals surface area contributed by atoms with Gasteiger partial charge in [-0.2, -0.15) is 0 Å². The van der Waals surface area contributed by atoms with E-state index in [2.05, 4.69) is 10.6 Å². The van der Waals surface area contributed by atoms with E-state index in [1.54, 1.807) is 18.2 Å².